The maximum absolute atomic E-state index is 12.5. The summed E-state index contributed by atoms with van der Waals surface area (Å²) >= 11 is 6.27. The number of aromatic nitrogens is 3. The highest BCUT2D eigenvalue weighted by Crippen LogP contribution is 2.23. The Labute approximate surface area is 161 Å². The van der Waals surface area contributed by atoms with Gasteiger partial charge in [-0.05, 0) is 45.0 Å². The summed E-state index contributed by atoms with van der Waals surface area (Å²) in [7, 11) is 0. The molecule has 0 saturated heterocycles. The number of carbonyl (C=O) groups is 2. The molecule has 2 amide bonds. The number of benzene rings is 1. The van der Waals surface area contributed by atoms with Crippen LogP contribution in [0, 0.1) is 6.92 Å². The van der Waals surface area contributed by atoms with Crippen LogP contribution in [-0.4, -0.2) is 45.0 Å². The second-order valence-corrected chi connectivity index (χ2v) is 6.48. The van der Waals surface area contributed by atoms with E-state index in [4.69, 9.17) is 11.6 Å². The normalized spacial score (nSPS) is 10.8. The lowest BCUT2D eigenvalue weighted by molar-refractivity contribution is 0.0773. The molecular weight excluding hydrogens is 366 g/mol. The van der Waals surface area contributed by atoms with Gasteiger partial charge in [-0.1, -0.05) is 11.6 Å². The topological polar surface area (TPSA) is 91.0 Å². The van der Waals surface area contributed by atoms with Crippen molar-refractivity contribution >= 4 is 40.1 Å². The number of aryl methyl sites for hydroxylation is 1. The Morgan fingerprint density at radius 1 is 1.22 bits per heavy atom. The van der Waals surface area contributed by atoms with Crippen molar-refractivity contribution in [1.29, 1.82) is 0 Å². The Kier molecular flexibility index (Phi) is 5.41. The van der Waals surface area contributed by atoms with Gasteiger partial charge in [0.15, 0.2) is 5.65 Å². The monoisotopic (exact) mass is 385 g/mol. The number of pyridine rings is 1. The molecule has 0 aliphatic rings. The number of rotatable bonds is 5. The van der Waals surface area contributed by atoms with Crippen LogP contribution in [0.5, 0.6) is 0 Å². The number of hydrogen-bond acceptors (Lipinski definition) is 4. The quantitative estimate of drug-likeness (QED) is 0.701. The Balaban J connectivity index is 1.80. The third-order valence-electron chi connectivity index (χ3n) is 4.37. The van der Waals surface area contributed by atoms with Gasteiger partial charge >= 0.3 is 0 Å². The highest BCUT2D eigenvalue weighted by Gasteiger charge is 2.17. The molecule has 0 aliphatic carbocycles. The lowest BCUT2D eigenvalue weighted by Gasteiger charge is -2.19. The van der Waals surface area contributed by atoms with Crippen molar-refractivity contribution in [2.24, 2.45) is 0 Å². The van der Waals surface area contributed by atoms with Crippen LogP contribution in [0.3, 0.4) is 0 Å². The number of hydrogen-bond donors (Lipinski definition) is 2. The molecule has 2 heterocycles. The van der Waals surface area contributed by atoms with Crippen LogP contribution >= 0.6 is 11.6 Å². The van der Waals surface area contributed by atoms with Crippen molar-refractivity contribution in [3.8, 4) is 0 Å². The van der Waals surface area contributed by atoms with E-state index in [1.165, 1.54) is 6.20 Å². The molecule has 2 N–H and O–H groups in total. The first-order valence-corrected chi connectivity index (χ1v) is 9.03. The Morgan fingerprint density at radius 2 is 1.96 bits per heavy atom. The Bertz CT molecular complexity index is 1010. The molecule has 0 bridgehead atoms. The van der Waals surface area contributed by atoms with Gasteiger partial charge in [0.25, 0.3) is 11.8 Å². The van der Waals surface area contributed by atoms with Crippen molar-refractivity contribution < 1.29 is 9.59 Å². The number of nitrogens with one attached hydrogen (secondary N) is 2. The molecule has 2 aromatic heterocycles. The third kappa shape index (κ3) is 3.78. The summed E-state index contributed by atoms with van der Waals surface area (Å²) in [5, 5.41) is 10.8. The highest BCUT2D eigenvalue weighted by molar-refractivity contribution is 6.34. The van der Waals surface area contributed by atoms with E-state index in [9.17, 15) is 9.59 Å². The summed E-state index contributed by atoms with van der Waals surface area (Å²) in [6.07, 6.45) is 1.47. The average molecular weight is 386 g/mol. The number of nitrogens with zero attached hydrogens (tertiary/aromatic N) is 3. The van der Waals surface area contributed by atoms with Crippen LogP contribution in [0.25, 0.3) is 11.0 Å². The van der Waals surface area contributed by atoms with Crippen LogP contribution in [0.1, 0.15) is 40.3 Å². The maximum Gasteiger partial charge on any atom is 0.257 e. The second-order valence-electron chi connectivity index (χ2n) is 6.07. The third-order valence-corrected chi connectivity index (χ3v) is 4.68. The molecule has 0 aliphatic heterocycles. The molecule has 0 unspecified atom stereocenters. The molecular formula is C19H20ClN5O2. The van der Waals surface area contributed by atoms with E-state index in [0.717, 1.165) is 11.1 Å². The number of amides is 2. The van der Waals surface area contributed by atoms with E-state index >= 15 is 0 Å². The Hall–Kier alpha value is -2.93. The van der Waals surface area contributed by atoms with Crippen LogP contribution in [-0.2, 0) is 0 Å². The molecule has 0 saturated carbocycles. The van der Waals surface area contributed by atoms with Gasteiger partial charge in [0.2, 0.25) is 0 Å². The van der Waals surface area contributed by atoms with E-state index in [0.29, 0.717) is 40.6 Å². The molecule has 0 atom stereocenters. The van der Waals surface area contributed by atoms with Gasteiger partial charge in [0.05, 0.1) is 16.1 Å². The fraction of sp³-hybridized carbons (Fsp3) is 0.263. The zero-order chi connectivity index (χ0) is 19.6. The van der Waals surface area contributed by atoms with E-state index in [2.05, 4.69) is 20.5 Å². The van der Waals surface area contributed by atoms with Crippen LogP contribution in [0.15, 0.2) is 30.5 Å². The highest BCUT2D eigenvalue weighted by atomic mass is 35.5. The number of aromatic amines is 1. The van der Waals surface area contributed by atoms with Crippen LogP contribution < -0.4 is 5.32 Å². The molecule has 3 aromatic rings. The minimum Gasteiger partial charge on any atom is -0.339 e. The Morgan fingerprint density at radius 3 is 2.63 bits per heavy atom. The summed E-state index contributed by atoms with van der Waals surface area (Å²) < 4.78 is 0. The number of anilines is 1. The fourth-order valence-corrected chi connectivity index (χ4v) is 3.06. The van der Waals surface area contributed by atoms with Gasteiger partial charge in [-0.3, -0.25) is 14.7 Å². The maximum atomic E-state index is 12.5. The zero-order valence-corrected chi connectivity index (χ0v) is 16.1. The van der Waals surface area contributed by atoms with E-state index in [-0.39, 0.29) is 11.8 Å². The molecule has 1 aromatic carbocycles. The van der Waals surface area contributed by atoms with Crippen molar-refractivity contribution in [2.75, 3.05) is 18.4 Å². The molecule has 0 fully saturated rings. The summed E-state index contributed by atoms with van der Waals surface area (Å²) in [6.45, 7) is 6.90. The van der Waals surface area contributed by atoms with E-state index in [1.54, 1.807) is 29.2 Å². The summed E-state index contributed by atoms with van der Waals surface area (Å²) in [5.74, 6) is -0.447. The number of fused-ring (bicyclic) bond motifs is 1. The van der Waals surface area contributed by atoms with Crippen molar-refractivity contribution in [1.82, 2.24) is 20.1 Å². The molecule has 27 heavy (non-hydrogen) atoms. The predicted molar refractivity (Wildman–Crippen MR) is 105 cm³/mol. The lowest BCUT2D eigenvalue weighted by atomic mass is 10.1. The van der Waals surface area contributed by atoms with E-state index < -0.39 is 0 Å². The van der Waals surface area contributed by atoms with E-state index in [1.807, 2.05) is 20.8 Å². The standard InChI is InChI=1S/C19H20ClN5O2/c1-4-25(5-2)19(27)14-7-6-13(9-16(14)20)22-18(26)12-8-15-11(3)23-24-17(15)21-10-12/h6-10H,4-5H2,1-3H3,(H,22,26)(H,21,23,24). The smallest absolute Gasteiger partial charge is 0.257 e. The number of halogens is 1. The lowest BCUT2D eigenvalue weighted by Crippen LogP contribution is -2.30. The van der Waals surface area contributed by atoms with Crippen molar-refractivity contribution in [3.63, 3.8) is 0 Å². The van der Waals surface area contributed by atoms with Gasteiger partial charge in [-0.2, -0.15) is 5.10 Å². The zero-order valence-electron chi connectivity index (χ0n) is 15.3. The minimum atomic E-state index is -0.316. The van der Waals surface area contributed by atoms with Gasteiger partial charge in [0.1, 0.15) is 0 Å². The molecule has 140 valence electrons. The second kappa shape index (κ2) is 7.75. The first-order valence-electron chi connectivity index (χ1n) is 8.65. The average Bonchev–Trinajstić information content (AvgIpc) is 3.03. The molecule has 8 heteroatoms. The molecule has 7 nitrogen and oxygen atoms in total. The largest absolute Gasteiger partial charge is 0.339 e. The molecule has 3 rings (SSSR count). The first-order chi connectivity index (χ1) is 12.9. The SMILES string of the molecule is CCN(CC)C(=O)c1ccc(NC(=O)c2cnc3n[nH]c(C)c3c2)cc1Cl. The van der Waals surface area contributed by atoms with Crippen LogP contribution in [0.2, 0.25) is 5.02 Å². The summed E-state index contributed by atoms with van der Waals surface area (Å²) in [4.78, 5) is 30.8. The van der Waals surface area contributed by atoms with Gasteiger partial charge in [0, 0.05) is 36.1 Å². The van der Waals surface area contributed by atoms with Gasteiger partial charge in [-0.15, -0.1) is 0 Å². The summed E-state index contributed by atoms with van der Waals surface area (Å²) in [5.41, 5.74) is 2.73. The first kappa shape index (κ1) is 18.8. The van der Waals surface area contributed by atoms with Crippen molar-refractivity contribution in [3.05, 3.63) is 52.3 Å². The number of carbonyl (C=O) groups excluding carboxylic acids is 2. The predicted octanol–water partition coefficient (Wildman–Crippen LogP) is 3.65. The molecule has 0 radical (unpaired) electrons. The summed E-state index contributed by atoms with van der Waals surface area (Å²) in [6, 6.07) is 6.59. The molecule has 0 spiro atoms. The fourth-order valence-electron chi connectivity index (χ4n) is 2.79. The van der Waals surface area contributed by atoms with Gasteiger partial charge in [-0.25, -0.2) is 4.98 Å². The van der Waals surface area contributed by atoms with Gasteiger partial charge < -0.3 is 10.2 Å². The van der Waals surface area contributed by atoms with Crippen LogP contribution in [0.4, 0.5) is 5.69 Å². The minimum absolute atomic E-state index is 0.132. The van der Waals surface area contributed by atoms with Crippen molar-refractivity contribution in [2.45, 2.75) is 20.8 Å². The number of H-pyrrole nitrogens is 1.